The van der Waals surface area contributed by atoms with Gasteiger partial charge in [0, 0.05) is 55.7 Å². The molecule has 2 aromatic heterocycles. The van der Waals surface area contributed by atoms with Crippen molar-refractivity contribution in [2.75, 3.05) is 9.80 Å². The van der Waals surface area contributed by atoms with Gasteiger partial charge in [0.2, 0.25) is 0 Å². The van der Waals surface area contributed by atoms with Crippen LogP contribution in [0.25, 0.3) is 87.7 Å². The van der Waals surface area contributed by atoms with Gasteiger partial charge in [0.05, 0.1) is 0 Å². The van der Waals surface area contributed by atoms with Crippen molar-refractivity contribution in [2.24, 2.45) is 0 Å². The summed E-state index contributed by atoms with van der Waals surface area (Å²) in [4.78, 5) is 4.62. The second kappa shape index (κ2) is 15.4. The smallest absolute Gasteiger partial charge is 0.136 e. The summed E-state index contributed by atoms with van der Waals surface area (Å²) >= 11 is 0. The molecule has 0 unspecified atom stereocenters. The molecule has 310 valence electrons. The number of furan rings is 2. The molecule has 0 aliphatic carbocycles. The zero-order chi connectivity index (χ0) is 43.6. The second-order valence-corrected chi connectivity index (χ2v) is 17.0. The molecular formula is C62H40N2O2. The minimum Gasteiger partial charge on any atom is -0.456 e. The SMILES string of the molecule is c1ccc(-c2ccc(N(c3ccccc3)c3ccc4cc5c(cc4c3)oc3cc4c(cc35)oc3cc5cc(N(c6ccccc6)c6ccc(-c7ccccc7)cc6)ccc5cc34)cc2)cc1. The fraction of sp³-hybridized carbons (Fsp3) is 0. The van der Waals surface area contributed by atoms with Crippen molar-refractivity contribution in [3.05, 3.63) is 243 Å². The Morgan fingerprint density at radius 2 is 0.515 bits per heavy atom. The number of rotatable bonds is 8. The lowest BCUT2D eigenvalue weighted by molar-refractivity contribution is 0.664. The molecule has 0 aliphatic rings. The lowest BCUT2D eigenvalue weighted by Gasteiger charge is -2.26. The number of benzene rings is 11. The molecule has 66 heavy (non-hydrogen) atoms. The third kappa shape index (κ3) is 6.55. The summed E-state index contributed by atoms with van der Waals surface area (Å²) in [5.41, 5.74) is 14.7. The zero-order valence-electron chi connectivity index (χ0n) is 35.8. The third-order valence-electron chi connectivity index (χ3n) is 13.0. The van der Waals surface area contributed by atoms with Gasteiger partial charge in [-0.25, -0.2) is 0 Å². The van der Waals surface area contributed by atoms with Gasteiger partial charge >= 0.3 is 0 Å². The predicted octanol–water partition coefficient (Wildman–Crippen LogP) is 18.1. The Hall–Kier alpha value is -8.86. The molecule has 13 rings (SSSR count). The molecular weight excluding hydrogens is 805 g/mol. The van der Waals surface area contributed by atoms with Crippen molar-refractivity contribution < 1.29 is 8.83 Å². The van der Waals surface area contributed by atoms with E-state index in [0.29, 0.717) is 0 Å². The van der Waals surface area contributed by atoms with Crippen LogP contribution in [0, 0.1) is 0 Å². The maximum atomic E-state index is 6.70. The highest BCUT2D eigenvalue weighted by molar-refractivity contribution is 6.18. The molecule has 11 aromatic carbocycles. The molecule has 0 saturated heterocycles. The van der Waals surface area contributed by atoms with E-state index < -0.39 is 0 Å². The van der Waals surface area contributed by atoms with Gasteiger partial charge in [-0.05, 0) is 153 Å². The van der Waals surface area contributed by atoms with Crippen LogP contribution in [0.5, 0.6) is 0 Å². The summed E-state index contributed by atoms with van der Waals surface area (Å²) in [6.45, 7) is 0. The summed E-state index contributed by atoms with van der Waals surface area (Å²) < 4.78 is 13.4. The third-order valence-corrected chi connectivity index (χ3v) is 13.0. The molecule has 0 bridgehead atoms. The summed E-state index contributed by atoms with van der Waals surface area (Å²) in [6.07, 6.45) is 0. The van der Waals surface area contributed by atoms with Gasteiger partial charge < -0.3 is 18.6 Å². The van der Waals surface area contributed by atoms with E-state index in [1.807, 2.05) is 0 Å². The summed E-state index contributed by atoms with van der Waals surface area (Å²) in [6, 6.07) is 86.3. The van der Waals surface area contributed by atoms with E-state index in [2.05, 4.69) is 252 Å². The number of nitrogens with zero attached hydrogens (tertiary/aromatic N) is 2. The predicted molar refractivity (Wildman–Crippen MR) is 276 cm³/mol. The average Bonchev–Trinajstić information content (AvgIpc) is 3.91. The van der Waals surface area contributed by atoms with E-state index in [0.717, 1.165) is 99.5 Å². The average molecular weight is 845 g/mol. The molecule has 0 aliphatic heterocycles. The van der Waals surface area contributed by atoms with Crippen LogP contribution in [-0.4, -0.2) is 0 Å². The van der Waals surface area contributed by atoms with Crippen LogP contribution >= 0.6 is 0 Å². The van der Waals surface area contributed by atoms with E-state index >= 15 is 0 Å². The van der Waals surface area contributed by atoms with Crippen LogP contribution in [-0.2, 0) is 0 Å². The van der Waals surface area contributed by atoms with Crippen molar-refractivity contribution >= 4 is 99.5 Å². The molecule has 0 spiro atoms. The first kappa shape index (κ1) is 37.7. The Balaban J connectivity index is 0.863. The molecule has 2 heterocycles. The van der Waals surface area contributed by atoms with Gasteiger partial charge in [-0.1, -0.05) is 133 Å². The number of hydrogen-bond acceptors (Lipinski definition) is 4. The van der Waals surface area contributed by atoms with Crippen LogP contribution in [0.3, 0.4) is 0 Å². The Morgan fingerprint density at radius 1 is 0.212 bits per heavy atom. The standard InChI is InChI=1S/C62H40N2O2/c1-5-13-41(14-6-1)43-21-27-51(28-22-43)63(49-17-9-3-10-18-49)53-31-25-45-35-55-57-39-62-58(40-61(57)65-59(55)37-47(45)33-53)56-36-46-26-32-54(34-48(46)38-60(56)66-62)64(50-19-11-4-12-20-50)52-29-23-44(24-30-52)42-15-7-2-8-16-42/h1-40H. The van der Waals surface area contributed by atoms with Gasteiger partial charge in [-0.2, -0.15) is 0 Å². The molecule has 0 amide bonds. The quantitative estimate of drug-likeness (QED) is 0.153. The van der Waals surface area contributed by atoms with Crippen LogP contribution in [0.1, 0.15) is 0 Å². The van der Waals surface area contributed by atoms with E-state index in [4.69, 9.17) is 8.83 Å². The van der Waals surface area contributed by atoms with Gasteiger partial charge in [0.15, 0.2) is 0 Å². The Morgan fingerprint density at radius 3 is 0.909 bits per heavy atom. The molecule has 4 heteroatoms. The van der Waals surface area contributed by atoms with Gasteiger partial charge in [-0.3, -0.25) is 0 Å². The van der Waals surface area contributed by atoms with Gasteiger partial charge in [-0.15, -0.1) is 0 Å². The monoisotopic (exact) mass is 844 g/mol. The van der Waals surface area contributed by atoms with Crippen LogP contribution < -0.4 is 9.80 Å². The van der Waals surface area contributed by atoms with Crippen LogP contribution in [0.4, 0.5) is 34.1 Å². The molecule has 0 atom stereocenters. The van der Waals surface area contributed by atoms with E-state index in [9.17, 15) is 0 Å². The fourth-order valence-corrected chi connectivity index (χ4v) is 9.70. The van der Waals surface area contributed by atoms with Crippen LogP contribution in [0.15, 0.2) is 251 Å². The molecule has 0 radical (unpaired) electrons. The highest BCUT2D eigenvalue weighted by Gasteiger charge is 2.19. The summed E-state index contributed by atoms with van der Waals surface area (Å²) in [5.74, 6) is 0. The first-order valence-electron chi connectivity index (χ1n) is 22.4. The Labute approximate surface area is 381 Å². The highest BCUT2D eigenvalue weighted by Crippen LogP contribution is 2.43. The number of anilines is 6. The van der Waals surface area contributed by atoms with Crippen molar-refractivity contribution in [3.63, 3.8) is 0 Å². The number of para-hydroxylation sites is 2. The fourth-order valence-electron chi connectivity index (χ4n) is 9.70. The normalized spacial score (nSPS) is 11.6. The van der Waals surface area contributed by atoms with Crippen LogP contribution in [0.2, 0.25) is 0 Å². The van der Waals surface area contributed by atoms with Gasteiger partial charge in [0.1, 0.15) is 22.3 Å². The largest absolute Gasteiger partial charge is 0.456 e. The number of hydrogen-bond donors (Lipinski definition) is 0. The topological polar surface area (TPSA) is 32.8 Å². The van der Waals surface area contributed by atoms with Crippen molar-refractivity contribution in [1.29, 1.82) is 0 Å². The zero-order valence-corrected chi connectivity index (χ0v) is 35.8. The van der Waals surface area contributed by atoms with Crippen molar-refractivity contribution in [3.8, 4) is 22.3 Å². The first-order chi connectivity index (χ1) is 32.7. The highest BCUT2D eigenvalue weighted by atomic mass is 16.3. The Bertz CT molecular complexity index is 3640. The molecule has 13 aromatic rings. The van der Waals surface area contributed by atoms with Gasteiger partial charge in [0.25, 0.3) is 0 Å². The van der Waals surface area contributed by atoms with E-state index in [1.54, 1.807) is 0 Å². The first-order valence-corrected chi connectivity index (χ1v) is 22.4. The Kier molecular flexibility index (Phi) is 8.81. The molecule has 4 nitrogen and oxygen atoms in total. The van der Waals surface area contributed by atoms with Crippen molar-refractivity contribution in [1.82, 2.24) is 0 Å². The second-order valence-electron chi connectivity index (χ2n) is 17.0. The molecule has 0 fully saturated rings. The lowest BCUT2D eigenvalue weighted by Crippen LogP contribution is -2.09. The molecule has 0 N–H and O–H groups in total. The van der Waals surface area contributed by atoms with Crippen molar-refractivity contribution in [2.45, 2.75) is 0 Å². The van der Waals surface area contributed by atoms with E-state index in [1.165, 1.54) is 22.3 Å². The minimum absolute atomic E-state index is 0.840. The van der Waals surface area contributed by atoms with E-state index in [-0.39, 0.29) is 0 Å². The lowest BCUT2D eigenvalue weighted by atomic mass is 10.0. The maximum absolute atomic E-state index is 6.70. The number of fused-ring (bicyclic) bond motifs is 8. The maximum Gasteiger partial charge on any atom is 0.136 e. The summed E-state index contributed by atoms with van der Waals surface area (Å²) in [7, 11) is 0. The molecule has 0 saturated carbocycles. The minimum atomic E-state index is 0.840. The summed E-state index contributed by atoms with van der Waals surface area (Å²) in [5, 5.41) is 8.71.